The van der Waals surface area contributed by atoms with E-state index in [9.17, 15) is 9.59 Å². The maximum atomic E-state index is 15.3. The zero-order valence-electron chi connectivity index (χ0n) is 20.5. The summed E-state index contributed by atoms with van der Waals surface area (Å²) >= 11 is 5.32. The van der Waals surface area contributed by atoms with Crippen LogP contribution in [0.4, 0.5) is 15.8 Å². The van der Waals surface area contributed by atoms with Gasteiger partial charge in [0.25, 0.3) is 11.8 Å². The zero-order valence-corrected chi connectivity index (χ0v) is 21.3. The van der Waals surface area contributed by atoms with Gasteiger partial charge in [0, 0.05) is 23.3 Å². The maximum Gasteiger partial charge on any atom is 0.270 e. The van der Waals surface area contributed by atoms with Gasteiger partial charge in [-0.25, -0.2) is 4.39 Å². The highest BCUT2D eigenvalue weighted by molar-refractivity contribution is 7.80. The molecule has 2 aliphatic heterocycles. The number of carbonyl (C=O) groups is 2. The van der Waals surface area contributed by atoms with Crippen molar-refractivity contribution >= 4 is 46.6 Å². The molecule has 2 heterocycles. The first-order valence-corrected chi connectivity index (χ1v) is 12.0. The van der Waals surface area contributed by atoms with E-state index in [1.807, 2.05) is 26.0 Å². The van der Waals surface area contributed by atoms with Crippen LogP contribution in [0.2, 0.25) is 0 Å². The van der Waals surface area contributed by atoms with E-state index >= 15 is 4.39 Å². The third-order valence-corrected chi connectivity index (χ3v) is 7.32. The summed E-state index contributed by atoms with van der Waals surface area (Å²) in [7, 11) is 0. The molecule has 2 amide bonds. The van der Waals surface area contributed by atoms with Gasteiger partial charge in [-0.15, -0.1) is 0 Å². The second-order valence-electron chi connectivity index (χ2n) is 9.77. The lowest BCUT2D eigenvalue weighted by atomic mass is 9.79. The van der Waals surface area contributed by atoms with Crippen molar-refractivity contribution in [1.29, 1.82) is 0 Å². The standard InChI is InChI=1S/C27H30FN3O2S/c1-7-30-23-13-21(28)18(11-19(23)16(3)14-27(30,5)6)12-20-24(32)29-26(34)31(25(20)33)22-10-8-9-15(2)17(22)4/h8-13,16H,7,14H2,1-6H3,(H,29,32,34)/b20-12-. The van der Waals surface area contributed by atoms with Crippen LogP contribution in [-0.4, -0.2) is 29.0 Å². The van der Waals surface area contributed by atoms with Crippen molar-refractivity contribution in [3.05, 3.63) is 64.0 Å². The van der Waals surface area contributed by atoms with Crippen molar-refractivity contribution in [2.45, 2.75) is 59.4 Å². The fourth-order valence-electron chi connectivity index (χ4n) is 5.24. The first-order chi connectivity index (χ1) is 16.0. The molecule has 2 aliphatic rings. The average Bonchev–Trinajstić information content (AvgIpc) is 2.74. The van der Waals surface area contributed by atoms with Crippen LogP contribution in [0, 0.1) is 19.7 Å². The Labute approximate surface area is 205 Å². The maximum absolute atomic E-state index is 15.3. The summed E-state index contributed by atoms with van der Waals surface area (Å²) in [6, 6.07) is 8.86. The minimum Gasteiger partial charge on any atom is -0.366 e. The normalized spacial score (nSPS) is 21.1. The summed E-state index contributed by atoms with van der Waals surface area (Å²) in [6.45, 7) is 13.1. The molecule has 34 heavy (non-hydrogen) atoms. The van der Waals surface area contributed by atoms with Crippen LogP contribution in [-0.2, 0) is 9.59 Å². The molecule has 178 valence electrons. The fraction of sp³-hybridized carbons (Fsp3) is 0.370. The monoisotopic (exact) mass is 479 g/mol. The summed E-state index contributed by atoms with van der Waals surface area (Å²) < 4.78 is 15.3. The molecule has 2 aromatic carbocycles. The number of benzene rings is 2. The molecule has 1 N–H and O–H groups in total. The summed E-state index contributed by atoms with van der Waals surface area (Å²) in [5, 5.41) is 2.61. The molecule has 0 bridgehead atoms. The van der Waals surface area contributed by atoms with Gasteiger partial charge in [-0.3, -0.25) is 19.8 Å². The molecule has 0 radical (unpaired) electrons. The highest BCUT2D eigenvalue weighted by atomic mass is 32.1. The quantitative estimate of drug-likeness (QED) is 0.365. The van der Waals surface area contributed by atoms with Gasteiger partial charge in [0.1, 0.15) is 11.4 Å². The number of anilines is 2. The molecule has 2 aromatic rings. The second-order valence-corrected chi connectivity index (χ2v) is 10.2. The smallest absolute Gasteiger partial charge is 0.270 e. The summed E-state index contributed by atoms with van der Waals surface area (Å²) in [5.41, 5.74) is 4.33. The van der Waals surface area contributed by atoms with E-state index in [1.165, 1.54) is 17.0 Å². The summed E-state index contributed by atoms with van der Waals surface area (Å²) in [6.07, 6.45) is 2.26. The van der Waals surface area contributed by atoms with Crippen LogP contribution in [0.25, 0.3) is 6.08 Å². The lowest BCUT2D eigenvalue weighted by molar-refractivity contribution is -0.122. The largest absolute Gasteiger partial charge is 0.366 e. The first kappa shape index (κ1) is 24.1. The van der Waals surface area contributed by atoms with E-state index in [0.29, 0.717) is 5.69 Å². The van der Waals surface area contributed by atoms with E-state index in [1.54, 1.807) is 12.1 Å². The van der Waals surface area contributed by atoms with Crippen molar-refractivity contribution in [3.63, 3.8) is 0 Å². The summed E-state index contributed by atoms with van der Waals surface area (Å²) in [4.78, 5) is 29.7. The Balaban J connectivity index is 1.80. The topological polar surface area (TPSA) is 52.7 Å². The van der Waals surface area contributed by atoms with Crippen LogP contribution in [0.15, 0.2) is 35.9 Å². The Kier molecular flexibility index (Phi) is 6.10. The van der Waals surface area contributed by atoms with Gasteiger partial charge in [0.05, 0.1) is 5.69 Å². The zero-order chi connectivity index (χ0) is 24.9. The number of aryl methyl sites for hydroxylation is 1. The van der Waals surface area contributed by atoms with E-state index in [-0.39, 0.29) is 27.7 Å². The lowest BCUT2D eigenvalue weighted by Crippen LogP contribution is -2.54. The average molecular weight is 480 g/mol. The number of nitrogens with zero attached hydrogens (tertiary/aromatic N) is 2. The molecule has 5 nitrogen and oxygen atoms in total. The van der Waals surface area contributed by atoms with Crippen LogP contribution < -0.4 is 15.1 Å². The van der Waals surface area contributed by atoms with Crippen molar-refractivity contribution in [2.75, 3.05) is 16.3 Å². The van der Waals surface area contributed by atoms with Gasteiger partial charge in [0.2, 0.25) is 0 Å². The molecule has 1 fully saturated rings. The number of carbonyl (C=O) groups excluding carboxylic acids is 2. The number of nitrogens with one attached hydrogen (secondary N) is 1. The van der Waals surface area contributed by atoms with Gasteiger partial charge in [0.15, 0.2) is 5.11 Å². The minimum absolute atomic E-state index is 0.0150. The fourth-order valence-corrected chi connectivity index (χ4v) is 5.51. The molecule has 7 heteroatoms. The van der Waals surface area contributed by atoms with E-state index in [4.69, 9.17) is 12.2 Å². The van der Waals surface area contributed by atoms with Crippen molar-refractivity contribution in [3.8, 4) is 0 Å². The van der Waals surface area contributed by atoms with Crippen LogP contribution in [0.5, 0.6) is 0 Å². The van der Waals surface area contributed by atoms with Crippen molar-refractivity contribution in [1.82, 2.24) is 5.32 Å². The molecule has 1 unspecified atom stereocenters. The summed E-state index contributed by atoms with van der Waals surface area (Å²) in [5.74, 6) is -1.45. The van der Waals surface area contributed by atoms with Crippen LogP contribution in [0.3, 0.4) is 0 Å². The number of rotatable bonds is 3. The third-order valence-electron chi connectivity index (χ3n) is 7.04. The SMILES string of the molecule is CCN1c2cc(F)c(/C=C3/C(=O)NC(=S)N(c4cccc(C)c4C)C3=O)cc2C(C)CC1(C)C. The van der Waals surface area contributed by atoms with Crippen molar-refractivity contribution < 1.29 is 14.0 Å². The molecule has 4 rings (SSSR count). The second kappa shape index (κ2) is 8.62. The molecule has 0 aromatic heterocycles. The molecule has 0 saturated carbocycles. The highest BCUT2D eigenvalue weighted by Crippen LogP contribution is 2.44. The lowest BCUT2D eigenvalue weighted by Gasteiger charge is -2.47. The Morgan fingerprint density at radius 3 is 2.59 bits per heavy atom. The van der Waals surface area contributed by atoms with Gasteiger partial charge in [-0.05, 0) is 100 Å². The van der Waals surface area contributed by atoms with E-state index in [2.05, 4.69) is 37.9 Å². The number of amides is 2. The molecule has 1 saturated heterocycles. The molecular weight excluding hydrogens is 449 g/mol. The number of hydrogen-bond donors (Lipinski definition) is 1. The number of hydrogen-bond acceptors (Lipinski definition) is 4. The Morgan fingerprint density at radius 2 is 1.91 bits per heavy atom. The molecular formula is C27H30FN3O2S. The van der Waals surface area contributed by atoms with Gasteiger partial charge >= 0.3 is 0 Å². The molecule has 1 atom stereocenters. The van der Waals surface area contributed by atoms with E-state index < -0.39 is 17.6 Å². The number of fused-ring (bicyclic) bond motifs is 1. The van der Waals surface area contributed by atoms with Gasteiger partial charge < -0.3 is 4.90 Å². The van der Waals surface area contributed by atoms with E-state index in [0.717, 1.165) is 35.3 Å². The van der Waals surface area contributed by atoms with Crippen LogP contribution in [0.1, 0.15) is 62.3 Å². The van der Waals surface area contributed by atoms with Gasteiger partial charge in [-0.2, -0.15) is 0 Å². The molecule has 0 aliphatic carbocycles. The predicted molar refractivity (Wildman–Crippen MR) is 139 cm³/mol. The predicted octanol–water partition coefficient (Wildman–Crippen LogP) is 5.39. The Hall–Kier alpha value is -3.06. The number of thiocarbonyl (C=S) groups is 1. The highest BCUT2D eigenvalue weighted by Gasteiger charge is 2.38. The Morgan fingerprint density at radius 1 is 1.21 bits per heavy atom. The first-order valence-electron chi connectivity index (χ1n) is 11.5. The third kappa shape index (κ3) is 3.92. The minimum atomic E-state index is -0.627. The Bertz CT molecular complexity index is 1250. The van der Waals surface area contributed by atoms with Crippen LogP contribution >= 0.6 is 12.2 Å². The van der Waals surface area contributed by atoms with Gasteiger partial charge in [-0.1, -0.05) is 19.1 Å². The molecule has 0 spiro atoms. The van der Waals surface area contributed by atoms with Crippen molar-refractivity contribution in [2.24, 2.45) is 0 Å². The number of halogens is 1.